The number of nitrogen functional groups attached to an aromatic ring is 1. The first-order chi connectivity index (χ1) is 8.20. The summed E-state index contributed by atoms with van der Waals surface area (Å²) in [5.41, 5.74) is 7.86. The lowest BCUT2D eigenvalue weighted by Crippen LogP contribution is -2.05. The number of anilines is 1. The van der Waals surface area contributed by atoms with E-state index in [1.54, 1.807) is 6.20 Å². The number of hydrogen-bond acceptors (Lipinski definition) is 4. The molecule has 0 aliphatic heterocycles. The molecule has 0 aromatic carbocycles. The Morgan fingerprint density at radius 1 is 1.35 bits per heavy atom. The molecule has 2 aromatic heterocycles. The minimum Gasteiger partial charge on any atom is -0.383 e. The first-order valence-corrected chi connectivity index (χ1v) is 6.19. The highest BCUT2D eigenvalue weighted by molar-refractivity contribution is 9.10. The fraction of sp³-hybridized carbons (Fsp3) is 0.250. The predicted octanol–water partition coefficient (Wildman–Crippen LogP) is 2.37. The Hall–Kier alpha value is -1.49. The van der Waals surface area contributed by atoms with Gasteiger partial charge < -0.3 is 5.73 Å². The van der Waals surface area contributed by atoms with Crippen molar-refractivity contribution in [2.45, 2.75) is 19.8 Å². The van der Waals surface area contributed by atoms with Crippen LogP contribution in [0.2, 0.25) is 0 Å². The fourth-order valence-corrected chi connectivity index (χ4v) is 2.02. The summed E-state index contributed by atoms with van der Waals surface area (Å²) in [5, 5.41) is 0. The van der Waals surface area contributed by atoms with Gasteiger partial charge in [-0.15, -0.1) is 0 Å². The van der Waals surface area contributed by atoms with Crippen molar-refractivity contribution in [1.29, 1.82) is 0 Å². The molecule has 2 N–H and O–H groups in total. The number of nitrogens with two attached hydrogens (primary N) is 1. The summed E-state index contributed by atoms with van der Waals surface area (Å²) in [5.74, 6) is 1.23. The second kappa shape index (κ2) is 5.23. The molecule has 88 valence electrons. The molecule has 0 bridgehead atoms. The Morgan fingerprint density at radius 2 is 2.18 bits per heavy atom. The number of rotatable bonds is 3. The molecule has 0 saturated carbocycles. The molecule has 0 unspecified atom stereocenters. The van der Waals surface area contributed by atoms with E-state index in [1.165, 1.54) is 0 Å². The van der Waals surface area contributed by atoms with Crippen LogP contribution in [-0.2, 0) is 12.8 Å². The third-order valence-corrected chi connectivity index (χ3v) is 3.28. The van der Waals surface area contributed by atoms with Gasteiger partial charge in [-0.3, -0.25) is 4.98 Å². The van der Waals surface area contributed by atoms with Crippen LogP contribution in [0.1, 0.15) is 24.0 Å². The van der Waals surface area contributed by atoms with E-state index in [0.29, 0.717) is 12.2 Å². The molecule has 4 nitrogen and oxygen atoms in total. The van der Waals surface area contributed by atoms with Crippen LogP contribution in [0.5, 0.6) is 0 Å². The van der Waals surface area contributed by atoms with Gasteiger partial charge in [0.15, 0.2) is 0 Å². The number of nitrogens with zero attached hydrogens (tertiary/aromatic N) is 3. The molecule has 2 heterocycles. The van der Waals surface area contributed by atoms with E-state index < -0.39 is 0 Å². The monoisotopic (exact) mass is 292 g/mol. The van der Waals surface area contributed by atoms with Crippen LogP contribution in [0, 0.1) is 0 Å². The minimum atomic E-state index is 0.496. The zero-order valence-electron chi connectivity index (χ0n) is 9.52. The molecule has 0 radical (unpaired) electrons. The highest BCUT2D eigenvalue weighted by Crippen LogP contribution is 2.22. The lowest BCUT2D eigenvalue weighted by Gasteiger charge is -2.07. The summed E-state index contributed by atoms with van der Waals surface area (Å²) >= 11 is 3.40. The Balaban J connectivity index is 2.31. The lowest BCUT2D eigenvalue weighted by molar-refractivity contribution is 0.899. The fourth-order valence-electron chi connectivity index (χ4n) is 1.56. The largest absolute Gasteiger partial charge is 0.383 e. The van der Waals surface area contributed by atoms with Gasteiger partial charge in [0.1, 0.15) is 11.6 Å². The number of hydrogen-bond donors (Lipinski definition) is 1. The van der Waals surface area contributed by atoms with Gasteiger partial charge in [0.25, 0.3) is 0 Å². The molecule has 0 aliphatic rings. The molecular weight excluding hydrogens is 280 g/mol. The van der Waals surface area contributed by atoms with Crippen LogP contribution < -0.4 is 5.73 Å². The zero-order valence-corrected chi connectivity index (χ0v) is 11.1. The van der Waals surface area contributed by atoms with Gasteiger partial charge in [-0.05, 0) is 34.0 Å². The quantitative estimate of drug-likeness (QED) is 0.943. The van der Waals surface area contributed by atoms with E-state index in [0.717, 1.165) is 28.0 Å². The maximum atomic E-state index is 5.84. The van der Waals surface area contributed by atoms with Crippen LogP contribution in [-0.4, -0.2) is 15.0 Å². The Labute approximate surface area is 108 Å². The molecule has 0 aliphatic carbocycles. The van der Waals surface area contributed by atoms with E-state index in [4.69, 9.17) is 5.73 Å². The first kappa shape index (κ1) is 12.0. The van der Waals surface area contributed by atoms with Crippen molar-refractivity contribution < 1.29 is 0 Å². The van der Waals surface area contributed by atoms with Gasteiger partial charge in [0.05, 0.1) is 10.2 Å². The molecule has 0 spiro atoms. The number of aryl methyl sites for hydroxylation is 1. The number of halogens is 1. The average Bonchev–Trinajstić information content (AvgIpc) is 2.35. The van der Waals surface area contributed by atoms with Crippen molar-refractivity contribution in [1.82, 2.24) is 15.0 Å². The maximum Gasteiger partial charge on any atom is 0.141 e. The Morgan fingerprint density at radius 3 is 2.82 bits per heavy atom. The van der Waals surface area contributed by atoms with E-state index in [-0.39, 0.29) is 0 Å². The summed E-state index contributed by atoms with van der Waals surface area (Å²) in [6.07, 6.45) is 5.04. The van der Waals surface area contributed by atoms with Crippen molar-refractivity contribution in [3.8, 4) is 0 Å². The molecule has 0 fully saturated rings. The van der Waals surface area contributed by atoms with Crippen LogP contribution in [0.3, 0.4) is 0 Å². The standard InChI is InChI=1S/C12H13BrN4/c1-2-9-11(13)12(14)17-10(16-9)6-8-4-3-5-15-7-8/h3-5,7H,2,6H2,1H3,(H2,14,16,17). The van der Waals surface area contributed by atoms with Gasteiger partial charge in [-0.2, -0.15) is 0 Å². The second-order valence-corrected chi connectivity index (χ2v) is 4.47. The van der Waals surface area contributed by atoms with Crippen molar-refractivity contribution in [2.24, 2.45) is 0 Å². The average molecular weight is 293 g/mol. The lowest BCUT2D eigenvalue weighted by atomic mass is 10.2. The molecule has 0 atom stereocenters. The topological polar surface area (TPSA) is 64.7 Å². The molecule has 17 heavy (non-hydrogen) atoms. The van der Waals surface area contributed by atoms with Gasteiger partial charge in [0, 0.05) is 18.8 Å². The molecular formula is C12H13BrN4. The van der Waals surface area contributed by atoms with Crippen molar-refractivity contribution in [3.05, 3.63) is 46.1 Å². The van der Waals surface area contributed by atoms with Crippen LogP contribution in [0.15, 0.2) is 29.0 Å². The Kier molecular flexibility index (Phi) is 3.68. The first-order valence-electron chi connectivity index (χ1n) is 5.40. The summed E-state index contributed by atoms with van der Waals surface area (Å²) < 4.78 is 0.801. The smallest absolute Gasteiger partial charge is 0.141 e. The molecule has 2 rings (SSSR count). The van der Waals surface area contributed by atoms with Gasteiger partial charge in [-0.25, -0.2) is 9.97 Å². The van der Waals surface area contributed by atoms with E-state index in [2.05, 4.69) is 30.9 Å². The summed E-state index contributed by atoms with van der Waals surface area (Å²) in [4.78, 5) is 12.8. The third kappa shape index (κ3) is 2.79. The van der Waals surface area contributed by atoms with E-state index in [9.17, 15) is 0 Å². The Bertz CT molecular complexity index is 513. The summed E-state index contributed by atoms with van der Waals surface area (Å²) in [7, 11) is 0. The van der Waals surface area contributed by atoms with Crippen LogP contribution >= 0.6 is 15.9 Å². The molecule has 0 amide bonds. The molecule has 5 heteroatoms. The maximum absolute atomic E-state index is 5.84. The minimum absolute atomic E-state index is 0.496. The van der Waals surface area contributed by atoms with E-state index in [1.807, 2.05) is 25.3 Å². The highest BCUT2D eigenvalue weighted by Gasteiger charge is 2.09. The SMILES string of the molecule is CCc1nc(Cc2cccnc2)nc(N)c1Br. The highest BCUT2D eigenvalue weighted by atomic mass is 79.9. The van der Waals surface area contributed by atoms with Crippen molar-refractivity contribution in [3.63, 3.8) is 0 Å². The van der Waals surface area contributed by atoms with Crippen molar-refractivity contribution >= 4 is 21.7 Å². The van der Waals surface area contributed by atoms with E-state index >= 15 is 0 Å². The molecule has 2 aromatic rings. The zero-order chi connectivity index (χ0) is 12.3. The van der Waals surface area contributed by atoms with Gasteiger partial charge >= 0.3 is 0 Å². The third-order valence-electron chi connectivity index (χ3n) is 2.41. The van der Waals surface area contributed by atoms with Crippen LogP contribution in [0.4, 0.5) is 5.82 Å². The van der Waals surface area contributed by atoms with Crippen LogP contribution in [0.25, 0.3) is 0 Å². The van der Waals surface area contributed by atoms with Gasteiger partial charge in [-0.1, -0.05) is 13.0 Å². The normalized spacial score (nSPS) is 10.5. The predicted molar refractivity (Wildman–Crippen MR) is 70.6 cm³/mol. The van der Waals surface area contributed by atoms with Gasteiger partial charge in [0.2, 0.25) is 0 Å². The summed E-state index contributed by atoms with van der Waals surface area (Å²) in [6.45, 7) is 2.04. The molecule has 0 saturated heterocycles. The number of pyridine rings is 1. The number of aromatic nitrogens is 3. The van der Waals surface area contributed by atoms with Crippen molar-refractivity contribution in [2.75, 3.05) is 5.73 Å². The summed E-state index contributed by atoms with van der Waals surface area (Å²) in [6, 6.07) is 3.90. The second-order valence-electron chi connectivity index (χ2n) is 3.68.